The fourth-order valence-electron chi connectivity index (χ4n) is 4.58. The van der Waals surface area contributed by atoms with Gasteiger partial charge in [-0.1, -0.05) is 6.92 Å². The number of ether oxygens (including phenoxy) is 3. The Morgan fingerprint density at radius 1 is 0.944 bits per heavy atom. The summed E-state index contributed by atoms with van der Waals surface area (Å²) < 4.78 is 17.5. The lowest BCUT2D eigenvalue weighted by molar-refractivity contribution is -0.0856. The minimum Gasteiger partial charge on any atom is -0.381 e. The van der Waals surface area contributed by atoms with E-state index in [-0.39, 0.29) is 0 Å². The molecule has 7 atom stereocenters. The van der Waals surface area contributed by atoms with Gasteiger partial charge in [-0.15, -0.1) is 0 Å². The van der Waals surface area contributed by atoms with Gasteiger partial charge in [0.1, 0.15) is 0 Å². The molecule has 3 aliphatic rings. The van der Waals surface area contributed by atoms with Crippen molar-refractivity contribution in [3.63, 3.8) is 0 Å². The fraction of sp³-hybridized carbons (Fsp3) is 1.00. The third-order valence-electron chi connectivity index (χ3n) is 5.62. The Kier molecular flexibility index (Phi) is 3.65. The average Bonchev–Trinajstić information content (AvgIpc) is 2.77. The number of hydrogen-bond donors (Lipinski definition) is 0. The van der Waals surface area contributed by atoms with Gasteiger partial charge in [0, 0.05) is 26.6 Å². The zero-order valence-corrected chi connectivity index (χ0v) is 11.8. The van der Waals surface area contributed by atoms with Crippen molar-refractivity contribution >= 4 is 0 Å². The second-order valence-electron chi connectivity index (χ2n) is 6.35. The van der Waals surface area contributed by atoms with Crippen molar-refractivity contribution in [1.82, 2.24) is 0 Å². The first-order chi connectivity index (χ1) is 8.74. The summed E-state index contributed by atoms with van der Waals surface area (Å²) in [5.74, 6) is 2.09. The van der Waals surface area contributed by atoms with Crippen molar-refractivity contribution < 1.29 is 14.2 Å². The Morgan fingerprint density at radius 2 is 1.72 bits per heavy atom. The van der Waals surface area contributed by atoms with Crippen LogP contribution in [0, 0.1) is 17.8 Å². The summed E-state index contributed by atoms with van der Waals surface area (Å²) in [7, 11) is 3.67. The van der Waals surface area contributed by atoms with Crippen molar-refractivity contribution in [3.05, 3.63) is 0 Å². The number of rotatable bonds is 2. The van der Waals surface area contributed by atoms with E-state index in [0.29, 0.717) is 30.3 Å². The molecule has 7 unspecified atom stereocenters. The molecule has 18 heavy (non-hydrogen) atoms. The van der Waals surface area contributed by atoms with E-state index in [0.717, 1.165) is 18.3 Å². The smallest absolute Gasteiger partial charge is 0.0661 e. The molecule has 104 valence electrons. The van der Waals surface area contributed by atoms with Crippen LogP contribution in [0.4, 0.5) is 0 Å². The van der Waals surface area contributed by atoms with Crippen molar-refractivity contribution in [2.45, 2.75) is 63.4 Å². The maximum absolute atomic E-state index is 6.39. The SMILES string of the molecule is COC1CCC2C(C1)OC1C(C)C(OC)CCC21. The molecule has 2 saturated carbocycles. The second kappa shape index (κ2) is 5.10. The van der Waals surface area contributed by atoms with Crippen LogP contribution in [-0.4, -0.2) is 38.6 Å². The lowest BCUT2D eigenvalue weighted by Gasteiger charge is -2.38. The molecule has 3 heteroatoms. The highest BCUT2D eigenvalue weighted by atomic mass is 16.5. The van der Waals surface area contributed by atoms with Gasteiger partial charge in [-0.3, -0.25) is 0 Å². The highest BCUT2D eigenvalue weighted by molar-refractivity contribution is 5.00. The average molecular weight is 254 g/mol. The molecule has 0 aromatic carbocycles. The van der Waals surface area contributed by atoms with Gasteiger partial charge in [0.25, 0.3) is 0 Å². The highest BCUT2D eigenvalue weighted by Crippen LogP contribution is 2.49. The molecule has 3 nitrogen and oxygen atoms in total. The van der Waals surface area contributed by atoms with E-state index in [2.05, 4.69) is 6.92 Å². The summed E-state index contributed by atoms with van der Waals surface area (Å²) in [6.45, 7) is 2.30. The van der Waals surface area contributed by atoms with Crippen molar-refractivity contribution in [2.24, 2.45) is 17.8 Å². The standard InChI is InChI=1S/C15H26O3/c1-9-13(17-3)7-6-12-11-5-4-10(16-2)8-14(11)18-15(9)12/h9-15H,4-8H2,1-3H3. The van der Waals surface area contributed by atoms with Crippen LogP contribution in [0.15, 0.2) is 0 Å². The van der Waals surface area contributed by atoms with Crippen LogP contribution in [0.2, 0.25) is 0 Å². The Balaban J connectivity index is 1.71. The Bertz CT molecular complexity index is 293. The lowest BCUT2D eigenvalue weighted by Crippen LogP contribution is -2.41. The second-order valence-corrected chi connectivity index (χ2v) is 6.35. The van der Waals surface area contributed by atoms with E-state index >= 15 is 0 Å². The molecule has 0 N–H and O–H groups in total. The molecule has 0 aromatic rings. The number of hydrogen-bond acceptors (Lipinski definition) is 3. The van der Waals surface area contributed by atoms with Gasteiger partial charge in [0.2, 0.25) is 0 Å². The van der Waals surface area contributed by atoms with Crippen molar-refractivity contribution in [3.8, 4) is 0 Å². The first kappa shape index (κ1) is 12.9. The first-order valence-electron chi connectivity index (χ1n) is 7.45. The van der Waals surface area contributed by atoms with Crippen LogP contribution in [0.3, 0.4) is 0 Å². The fourth-order valence-corrected chi connectivity index (χ4v) is 4.58. The van der Waals surface area contributed by atoms with Crippen LogP contribution in [0.5, 0.6) is 0 Å². The van der Waals surface area contributed by atoms with Gasteiger partial charge in [0.15, 0.2) is 0 Å². The van der Waals surface area contributed by atoms with E-state index < -0.39 is 0 Å². The summed E-state index contributed by atoms with van der Waals surface area (Å²) in [4.78, 5) is 0. The van der Waals surface area contributed by atoms with Crippen molar-refractivity contribution in [1.29, 1.82) is 0 Å². The van der Waals surface area contributed by atoms with Crippen LogP contribution in [-0.2, 0) is 14.2 Å². The molecule has 2 aliphatic carbocycles. The molecule has 3 rings (SSSR count). The van der Waals surface area contributed by atoms with Gasteiger partial charge in [-0.05, 0) is 37.5 Å². The molecular weight excluding hydrogens is 228 g/mol. The van der Waals surface area contributed by atoms with E-state index in [1.807, 2.05) is 14.2 Å². The third kappa shape index (κ3) is 2.00. The minimum atomic E-state index is 0.393. The number of methoxy groups -OCH3 is 2. The van der Waals surface area contributed by atoms with Crippen LogP contribution in [0.25, 0.3) is 0 Å². The molecule has 0 bridgehead atoms. The van der Waals surface area contributed by atoms with Gasteiger partial charge in [-0.2, -0.15) is 0 Å². The quantitative estimate of drug-likeness (QED) is 0.758. The lowest BCUT2D eigenvalue weighted by atomic mass is 9.69. The predicted octanol–water partition coefficient (Wildman–Crippen LogP) is 2.63. The van der Waals surface area contributed by atoms with E-state index in [1.54, 1.807) is 0 Å². The van der Waals surface area contributed by atoms with Gasteiger partial charge >= 0.3 is 0 Å². The third-order valence-corrected chi connectivity index (χ3v) is 5.62. The zero-order valence-electron chi connectivity index (χ0n) is 11.8. The van der Waals surface area contributed by atoms with Crippen LogP contribution in [0.1, 0.15) is 39.0 Å². The first-order valence-corrected chi connectivity index (χ1v) is 7.45. The minimum absolute atomic E-state index is 0.393. The number of fused-ring (bicyclic) bond motifs is 3. The Labute approximate surface area is 110 Å². The Morgan fingerprint density at radius 3 is 2.44 bits per heavy atom. The van der Waals surface area contributed by atoms with Crippen LogP contribution >= 0.6 is 0 Å². The normalized spacial score (nSPS) is 51.8. The van der Waals surface area contributed by atoms with Gasteiger partial charge < -0.3 is 14.2 Å². The molecule has 1 aliphatic heterocycles. The van der Waals surface area contributed by atoms with E-state index in [4.69, 9.17) is 14.2 Å². The summed E-state index contributed by atoms with van der Waals surface area (Å²) in [5.41, 5.74) is 0. The molecule has 0 radical (unpaired) electrons. The summed E-state index contributed by atoms with van der Waals surface area (Å²) in [6, 6.07) is 0. The molecule has 0 amide bonds. The van der Waals surface area contributed by atoms with E-state index in [9.17, 15) is 0 Å². The largest absolute Gasteiger partial charge is 0.381 e. The van der Waals surface area contributed by atoms with Crippen molar-refractivity contribution in [2.75, 3.05) is 14.2 Å². The molecule has 3 fully saturated rings. The molecule has 1 saturated heterocycles. The Hall–Kier alpha value is -0.120. The molecule has 1 heterocycles. The monoisotopic (exact) mass is 254 g/mol. The maximum Gasteiger partial charge on any atom is 0.0661 e. The van der Waals surface area contributed by atoms with Gasteiger partial charge in [-0.25, -0.2) is 0 Å². The maximum atomic E-state index is 6.39. The molecule has 0 spiro atoms. The molecule has 0 aromatic heterocycles. The zero-order chi connectivity index (χ0) is 12.7. The molecular formula is C15H26O3. The summed E-state index contributed by atoms with van der Waals surface area (Å²) in [5, 5.41) is 0. The van der Waals surface area contributed by atoms with Crippen LogP contribution < -0.4 is 0 Å². The summed E-state index contributed by atoms with van der Waals surface area (Å²) in [6.07, 6.45) is 7.76. The highest BCUT2D eigenvalue weighted by Gasteiger charge is 2.51. The topological polar surface area (TPSA) is 27.7 Å². The van der Waals surface area contributed by atoms with Gasteiger partial charge in [0.05, 0.1) is 24.4 Å². The summed E-state index contributed by atoms with van der Waals surface area (Å²) >= 11 is 0. The van der Waals surface area contributed by atoms with E-state index in [1.165, 1.54) is 25.7 Å². The predicted molar refractivity (Wildman–Crippen MR) is 69.5 cm³/mol.